The van der Waals surface area contributed by atoms with Crippen LogP contribution in [0, 0.1) is 6.92 Å². The number of rotatable bonds is 5. The summed E-state index contributed by atoms with van der Waals surface area (Å²) >= 11 is 0. The number of carbonyl (C=O) groups excluding carboxylic acids is 1. The second kappa shape index (κ2) is 6.62. The molecule has 0 aliphatic rings. The fourth-order valence-electron chi connectivity index (χ4n) is 2.85. The highest BCUT2D eigenvalue weighted by molar-refractivity contribution is 6.05. The Morgan fingerprint density at radius 1 is 1.36 bits per heavy atom. The van der Waals surface area contributed by atoms with Crippen LogP contribution in [0.3, 0.4) is 0 Å². The molecule has 8 heteroatoms. The maximum Gasteiger partial charge on any atom is 0.252 e. The van der Waals surface area contributed by atoms with E-state index in [0.717, 1.165) is 23.1 Å². The first kappa shape index (κ1) is 17.1. The molecule has 0 aliphatic carbocycles. The molecular formula is C17H23N7O. The number of pyridine rings is 1. The smallest absolute Gasteiger partial charge is 0.252 e. The van der Waals surface area contributed by atoms with Gasteiger partial charge in [0.25, 0.3) is 5.91 Å². The maximum absolute atomic E-state index is 12.8. The van der Waals surface area contributed by atoms with Crippen molar-refractivity contribution in [3.63, 3.8) is 0 Å². The van der Waals surface area contributed by atoms with E-state index < -0.39 is 0 Å². The van der Waals surface area contributed by atoms with Gasteiger partial charge in [0, 0.05) is 12.7 Å². The average molecular weight is 341 g/mol. The van der Waals surface area contributed by atoms with E-state index in [4.69, 9.17) is 0 Å². The van der Waals surface area contributed by atoms with Crippen LogP contribution in [0.2, 0.25) is 0 Å². The van der Waals surface area contributed by atoms with Crippen molar-refractivity contribution in [3.05, 3.63) is 35.7 Å². The highest BCUT2D eigenvalue weighted by Crippen LogP contribution is 2.23. The largest absolute Gasteiger partial charge is 0.342 e. The van der Waals surface area contributed by atoms with E-state index in [9.17, 15) is 4.79 Å². The van der Waals surface area contributed by atoms with Gasteiger partial charge in [-0.15, -0.1) is 10.2 Å². The Morgan fingerprint density at radius 2 is 2.12 bits per heavy atom. The number of nitrogens with zero attached hydrogens (tertiary/aromatic N) is 6. The molecule has 25 heavy (non-hydrogen) atoms. The first-order chi connectivity index (χ1) is 11.9. The predicted molar refractivity (Wildman–Crippen MR) is 94.2 cm³/mol. The molecule has 1 amide bonds. The van der Waals surface area contributed by atoms with Crippen molar-refractivity contribution in [1.29, 1.82) is 0 Å². The third-order valence-electron chi connectivity index (χ3n) is 4.43. The summed E-state index contributed by atoms with van der Waals surface area (Å²) in [7, 11) is 1.85. The summed E-state index contributed by atoms with van der Waals surface area (Å²) in [5.74, 6) is 0.528. The number of hydrogen-bond donors (Lipinski definition) is 1. The summed E-state index contributed by atoms with van der Waals surface area (Å²) in [6, 6.07) is 1.76. The van der Waals surface area contributed by atoms with Gasteiger partial charge in [0.1, 0.15) is 6.33 Å². The summed E-state index contributed by atoms with van der Waals surface area (Å²) in [6.45, 7) is 7.96. The maximum atomic E-state index is 12.8. The van der Waals surface area contributed by atoms with Crippen LogP contribution in [0.15, 0.2) is 18.6 Å². The fourth-order valence-corrected chi connectivity index (χ4v) is 2.85. The van der Waals surface area contributed by atoms with Crippen LogP contribution in [0.4, 0.5) is 0 Å². The predicted octanol–water partition coefficient (Wildman–Crippen LogP) is 2.33. The van der Waals surface area contributed by atoms with E-state index >= 15 is 0 Å². The molecule has 3 aromatic rings. The van der Waals surface area contributed by atoms with E-state index in [-0.39, 0.29) is 18.0 Å². The molecule has 0 aliphatic heterocycles. The SMILES string of the molecule is CC[C@H](C)n1ncc2c(C(=O)N[C@H](C)c3nncn3C)cc(C)nc21. The van der Waals surface area contributed by atoms with Crippen molar-refractivity contribution in [3.8, 4) is 0 Å². The van der Waals surface area contributed by atoms with E-state index in [1.54, 1.807) is 23.2 Å². The van der Waals surface area contributed by atoms with E-state index in [1.807, 2.05) is 25.6 Å². The number of fused-ring (bicyclic) bond motifs is 1. The van der Waals surface area contributed by atoms with E-state index in [1.165, 1.54) is 0 Å². The Morgan fingerprint density at radius 3 is 2.76 bits per heavy atom. The van der Waals surface area contributed by atoms with Gasteiger partial charge in [-0.25, -0.2) is 9.67 Å². The number of nitrogens with one attached hydrogen (secondary N) is 1. The lowest BCUT2D eigenvalue weighted by Crippen LogP contribution is -2.28. The summed E-state index contributed by atoms with van der Waals surface area (Å²) in [5.41, 5.74) is 2.10. The first-order valence-electron chi connectivity index (χ1n) is 8.42. The van der Waals surface area contributed by atoms with Gasteiger partial charge < -0.3 is 9.88 Å². The topological polar surface area (TPSA) is 90.5 Å². The molecule has 3 heterocycles. The fraction of sp³-hybridized carbons (Fsp3) is 0.471. The zero-order valence-electron chi connectivity index (χ0n) is 15.2. The molecule has 3 aromatic heterocycles. The van der Waals surface area contributed by atoms with Crippen molar-refractivity contribution in [2.24, 2.45) is 7.05 Å². The van der Waals surface area contributed by atoms with Gasteiger partial charge in [-0.3, -0.25) is 4.79 Å². The summed E-state index contributed by atoms with van der Waals surface area (Å²) in [4.78, 5) is 17.4. The van der Waals surface area contributed by atoms with Crippen molar-refractivity contribution in [1.82, 2.24) is 34.8 Å². The van der Waals surface area contributed by atoms with Crippen LogP contribution >= 0.6 is 0 Å². The molecular weight excluding hydrogens is 318 g/mol. The van der Waals surface area contributed by atoms with Crippen molar-refractivity contribution in [2.45, 2.75) is 46.2 Å². The van der Waals surface area contributed by atoms with Gasteiger partial charge in [-0.05, 0) is 33.3 Å². The van der Waals surface area contributed by atoms with Crippen molar-refractivity contribution in [2.75, 3.05) is 0 Å². The number of aryl methyl sites for hydroxylation is 2. The Hall–Kier alpha value is -2.77. The van der Waals surface area contributed by atoms with Gasteiger partial charge in [0.2, 0.25) is 0 Å². The highest BCUT2D eigenvalue weighted by atomic mass is 16.1. The Labute approximate surface area is 146 Å². The molecule has 1 N–H and O–H groups in total. The number of amides is 1. The van der Waals surface area contributed by atoms with Crippen LogP contribution in [0.5, 0.6) is 0 Å². The molecule has 0 aromatic carbocycles. The summed E-state index contributed by atoms with van der Waals surface area (Å²) < 4.78 is 3.67. The molecule has 0 bridgehead atoms. The Kier molecular flexibility index (Phi) is 4.52. The van der Waals surface area contributed by atoms with Gasteiger partial charge in [0.15, 0.2) is 11.5 Å². The Balaban J connectivity index is 1.96. The zero-order chi connectivity index (χ0) is 18.1. The van der Waals surface area contributed by atoms with E-state index in [0.29, 0.717) is 11.4 Å². The normalized spacial score (nSPS) is 13.8. The monoisotopic (exact) mass is 341 g/mol. The lowest BCUT2D eigenvalue weighted by molar-refractivity contribution is 0.0939. The molecule has 0 saturated carbocycles. The standard InChI is InChI=1S/C17H23N7O/c1-6-11(3)24-16-14(8-19-24)13(7-10(2)20-16)17(25)21-12(4)15-22-18-9-23(15)5/h7-9,11-12H,6H2,1-5H3,(H,21,25)/t11-,12+/m0/s1. The molecule has 0 unspecified atom stereocenters. The summed E-state index contributed by atoms with van der Waals surface area (Å²) in [6.07, 6.45) is 4.27. The van der Waals surface area contributed by atoms with Crippen LogP contribution in [0.25, 0.3) is 11.0 Å². The van der Waals surface area contributed by atoms with Crippen molar-refractivity contribution >= 4 is 16.9 Å². The number of aromatic nitrogens is 6. The number of hydrogen-bond acceptors (Lipinski definition) is 5. The van der Waals surface area contributed by atoms with Gasteiger partial charge in [0.05, 0.1) is 29.2 Å². The molecule has 3 rings (SSSR count). The minimum atomic E-state index is -0.256. The molecule has 8 nitrogen and oxygen atoms in total. The second-order valence-corrected chi connectivity index (χ2v) is 6.39. The lowest BCUT2D eigenvalue weighted by atomic mass is 10.1. The van der Waals surface area contributed by atoms with Crippen LogP contribution in [-0.4, -0.2) is 35.4 Å². The zero-order valence-corrected chi connectivity index (χ0v) is 15.2. The third kappa shape index (κ3) is 3.11. The highest BCUT2D eigenvalue weighted by Gasteiger charge is 2.20. The number of carbonyl (C=O) groups is 1. The van der Waals surface area contributed by atoms with E-state index in [2.05, 4.69) is 39.4 Å². The molecule has 0 spiro atoms. The molecule has 2 atom stereocenters. The van der Waals surface area contributed by atoms with Crippen LogP contribution in [-0.2, 0) is 7.05 Å². The molecule has 0 fully saturated rings. The molecule has 0 radical (unpaired) electrons. The Bertz CT molecular complexity index is 911. The minimum absolute atomic E-state index is 0.172. The summed E-state index contributed by atoms with van der Waals surface area (Å²) in [5, 5.41) is 16.1. The second-order valence-electron chi connectivity index (χ2n) is 6.39. The molecule has 0 saturated heterocycles. The third-order valence-corrected chi connectivity index (χ3v) is 4.43. The van der Waals surface area contributed by atoms with Gasteiger partial charge in [-0.2, -0.15) is 5.10 Å². The average Bonchev–Trinajstić information content (AvgIpc) is 3.19. The van der Waals surface area contributed by atoms with Crippen LogP contribution in [0.1, 0.15) is 61.2 Å². The van der Waals surface area contributed by atoms with Gasteiger partial charge in [-0.1, -0.05) is 6.92 Å². The van der Waals surface area contributed by atoms with Gasteiger partial charge >= 0.3 is 0 Å². The van der Waals surface area contributed by atoms with Crippen LogP contribution < -0.4 is 5.32 Å². The quantitative estimate of drug-likeness (QED) is 0.769. The van der Waals surface area contributed by atoms with Crippen molar-refractivity contribution < 1.29 is 4.79 Å². The first-order valence-corrected chi connectivity index (χ1v) is 8.42. The lowest BCUT2D eigenvalue weighted by Gasteiger charge is -2.14. The minimum Gasteiger partial charge on any atom is -0.342 e. The molecule has 132 valence electrons.